The zero-order valence-corrected chi connectivity index (χ0v) is 13.3. The lowest BCUT2D eigenvalue weighted by Gasteiger charge is -2.19. The summed E-state index contributed by atoms with van der Waals surface area (Å²) >= 11 is 1.59. The van der Waals surface area contributed by atoms with E-state index in [0.29, 0.717) is 0 Å². The van der Waals surface area contributed by atoms with Gasteiger partial charge in [-0.05, 0) is 39.0 Å². The number of aromatic nitrogens is 1. The standard InChI is InChI=1S/C15H20N2O2S/c1-15(2,3)17-14-16-12(9-20-14)11-8-10(18-4)6-7-13(11)19-5/h6-9H,1-5H3,(H,16,17). The number of methoxy groups -OCH3 is 2. The van der Waals surface area contributed by atoms with Crippen molar-refractivity contribution in [2.24, 2.45) is 0 Å². The molecule has 0 aliphatic rings. The minimum Gasteiger partial charge on any atom is -0.497 e. The molecule has 0 bridgehead atoms. The fraction of sp³-hybridized carbons (Fsp3) is 0.400. The van der Waals surface area contributed by atoms with Gasteiger partial charge in [0.2, 0.25) is 0 Å². The molecule has 0 spiro atoms. The van der Waals surface area contributed by atoms with Crippen LogP contribution in [0.4, 0.5) is 5.13 Å². The van der Waals surface area contributed by atoms with Crippen molar-refractivity contribution in [3.63, 3.8) is 0 Å². The largest absolute Gasteiger partial charge is 0.497 e. The van der Waals surface area contributed by atoms with Crippen LogP contribution in [0, 0.1) is 0 Å². The Morgan fingerprint density at radius 1 is 1.15 bits per heavy atom. The van der Waals surface area contributed by atoms with Crippen molar-refractivity contribution in [2.45, 2.75) is 26.3 Å². The summed E-state index contributed by atoms with van der Waals surface area (Å²) in [5, 5.41) is 6.29. The molecule has 0 saturated carbocycles. The summed E-state index contributed by atoms with van der Waals surface area (Å²) in [5.41, 5.74) is 1.82. The lowest BCUT2D eigenvalue weighted by atomic mass is 10.1. The van der Waals surface area contributed by atoms with E-state index in [9.17, 15) is 0 Å². The maximum absolute atomic E-state index is 5.40. The minimum absolute atomic E-state index is 0.00636. The number of thiazole rings is 1. The van der Waals surface area contributed by atoms with Crippen LogP contribution in [-0.2, 0) is 0 Å². The van der Waals surface area contributed by atoms with Crippen LogP contribution in [0.5, 0.6) is 11.5 Å². The molecule has 1 N–H and O–H groups in total. The van der Waals surface area contributed by atoms with Crippen LogP contribution in [0.25, 0.3) is 11.3 Å². The van der Waals surface area contributed by atoms with Gasteiger partial charge < -0.3 is 14.8 Å². The van der Waals surface area contributed by atoms with Crippen molar-refractivity contribution in [3.05, 3.63) is 23.6 Å². The molecule has 1 aromatic heterocycles. The molecule has 0 aliphatic carbocycles. The molecule has 20 heavy (non-hydrogen) atoms. The Balaban J connectivity index is 2.36. The summed E-state index contributed by atoms with van der Waals surface area (Å²) in [5.74, 6) is 1.58. The number of nitrogens with zero attached hydrogens (tertiary/aromatic N) is 1. The molecule has 0 fully saturated rings. The van der Waals surface area contributed by atoms with Gasteiger partial charge in [-0.25, -0.2) is 4.98 Å². The van der Waals surface area contributed by atoms with E-state index < -0.39 is 0 Å². The normalized spacial score (nSPS) is 11.2. The number of hydrogen-bond donors (Lipinski definition) is 1. The third-order valence-corrected chi connectivity index (χ3v) is 3.43. The minimum atomic E-state index is -0.00636. The summed E-state index contributed by atoms with van der Waals surface area (Å²) in [4.78, 5) is 4.62. The van der Waals surface area contributed by atoms with Gasteiger partial charge in [-0.2, -0.15) is 0 Å². The van der Waals surface area contributed by atoms with Gasteiger partial charge >= 0.3 is 0 Å². The Hall–Kier alpha value is -1.75. The van der Waals surface area contributed by atoms with E-state index in [0.717, 1.165) is 27.9 Å². The van der Waals surface area contributed by atoms with Gasteiger partial charge in [0.05, 0.1) is 19.9 Å². The quantitative estimate of drug-likeness (QED) is 0.923. The van der Waals surface area contributed by atoms with Crippen LogP contribution in [0.2, 0.25) is 0 Å². The van der Waals surface area contributed by atoms with E-state index in [1.807, 2.05) is 23.6 Å². The summed E-state index contributed by atoms with van der Waals surface area (Å²) < 4.78 is 10.7. The Kier molecular flexibility index (Phi) is 4.18. The first-order valence-corrected chi connectivity index (χ1v) is 7.27. The fourth-order valence-electron chi connectivity index (χ4n) is 1.79. The predicted molar refractivity (Wildman–Crippen MR) is 84.0 cm³/mol. The highest BCUT2D eigenvalue weighted by Gasteiger charge is 2.15. The first kappa shape index (κ1) is 14.7. The maximum Gasteiger partial charge on any atom is 0.183 e. The number of benzene rings is 1. The molecule has 2 rings (SSSR count). The molecule has 0 aliphatic heterocycles. The number of hydrogen-bond acceptors (Lipinski definition) is 5. The van der Waals surface area contributed by atoms with Crippen LogP contribution in [0.3, 0.4) is 0 Å². The Morgan fingerprint density at radius 2 is 1.90 bits per heavy atom. The van der Waals surface area contributed by atoms with Crippen molar-refractivity contribution >= 4 is 16.5 Å². The van der Waals surface area contributed by atoms with Gasteiger partial charge in [0, 0.05) is 16.5 Å². The number of anilines is 1. The highest BCUT2D eigenvalue weighted by atomic mass is 32.1. The van der Waals surface area contributed by atoms with Crippen molar-refractivity contribution < 1.29 is 9.47 Å². The van der Waals surface area contributed by atoms with Gasteiger partial charge in [-0.1, -0.05) is 0 Å². The second-order valence-electron chi connectivity index (χ2n) is 5.48. The number of nitrogens with one attached hydrogen (secondary N) is 1. The zero-order chi connectivity index (χ0) is 14.8. The topological polar surface area (TPSA) is 43.4 Å². The van der Waals surface area contributed by atoms with Crippen molar-refractivity contribution in [3.8, 4) is 22.8 Å². The number of rotatable bonds is 4. The molecule has 1 aromatic carbocycles. The van der Waals surface area contributed by atoms with E-state index in [1.165, 1.54) is 0 Å². The number of ether oxygens (including phenoxy) is 2. The second kappa shape index (κ2) is 5.71. The van der Waals surface area contributed by atoms with Gasteiger partial charge in [0.15, 0.2) is 5.13 Å². The monoisotopic (exact) mass is 292 g/mol. The van der Waals surface area contributed by atoms with Crippen LogP contribution in [-0.4, -0.2) is 24.7 Å². The van der Waals surface area contributed by atoms with Crippen LogP contribution < -0.4 is 14.8 Å². The molecule has 0 saturated heterocycles. The maximum atomic E-state index is 5.40. The molecule has 0 amide bonds. The zero-order valence-electron chi connectivity index (χ0n) is 12.5. The Bertz CT molecular complexity index is 588. The van der Waals surface area contributed by atoms with Crippen LogP contribution >= 0.6 is 11.3 Å². The van der Waals surface area contributed by atoms with Crippen LogP contribution in [0.15, 0.2) is 23.6 Å². The molecule has 5 heteroatoms. The van der Waals surface area contributed by atoms with E-state index in [2.05, 4.69) is 31.1 Å². The van der Waals surface area contributed by atoms with Gasteiger partial charge in [0.1, 0.15) is 11.5 Å². The molecule has 0 radical (unpaired) electrons. The smallest absolute Gasteiger partial charge is 0.183 e. The average Bonchev–Trinajstić information content (AvgIpc) is 2.84. The van der Waals surface area contributed by atoms with Crippen LogP contribution in [0.1, 0.15) is 20.8 Å². The van der Waals surface area contributed by atoms with Gasteiger partial charge in [0.25, 0.3) is 0 Å². The second-order valence-corrected chi connectivity index (χ2v) is 6.34. The molecule has 0 atom stereocenters. The van der Waals surface area contributed by atoms with E-state index in [1.54, 1.807) is 25.6 Å². The van der Waals surface area contributed by atoms with E-state index in [4.69, 9.17) is 9.47 Å². The molecule has 1 heterocycles. The van der Waals surface area contributed by atoms with Crippen molar-refractivity contribution in [1.82, 2.24) is 4.98 Å². The third kappa shape index (κ3) is 3.42. The lowest BCUT2D eigenvalue weighted by Crippen LogP contribution is -2.25. The van der Waals surface area contributed by atoms with Crippen molar-refractivity contribution in [2.75, 3.05) is 19.5 Å². The molecular formula is C15H20N2O2S. The first-order chi connectivity index (χ1) is 9.43. The summed E-state index contributed by atoms with van der Waals surface area (Å²) in [7, 11) is 3.31. The lowest BCUT2D eigenvalue weighted by molar-refractivity contribution is 0.404. The first-order valence-electron chi connectivity index (χ1n) is 6.39. The van der Waals surface area contributed by atoms with Crippen molar-refractivity contribution in [1.29, 1.82) is 0 Å². The summed E-state index contributed by atoms with van der Waals surface area (Å²) in [6, 6.07) is 5.71. The highest BCUT2D eigenvalue weighted by Crippen LogP contribution is 2.35. The van der Waals surface area contributed by atoms with Gasteiger partial charge in [-0.15, -0.1) is 11.3 Å². The fourth-order valence-corrected chi connectivity index (χ4v) is 2.71. The Labute approximate surface area is 123 Å². The average molecular weight is 292 g/mol. The van der Waals surface area contributed by atoms with E-state index in [-0.39, 0.29) is 5.54 Å². The molecule has 4 nitrogen and oxygen atoms in total. The Morgan fingerprint density at radius 3 is 2.50 bits per heavy atom. The molecule has 2 aromatic rings. The van der Waals surface area contributed by atoms with Gasteiger partial charge in [-0.3, -0.25) is 0 Å². The molecule has 108 valence electrons. The molecule has 0 unspecified atom stereocenters. The molecular weight excluding hydrogens is 272 g/mol. The van der Waals surface area contributed by atoms with E-state index >= 15 is 0 Å². The SMILES string of the molecule is COc1ccc(OC)c(-c2csc(NC(C)(C)C)n2)c1. The third-order valence-electron chi connectivity index (χ3n) is 2.67. The summed E-state index contributed by atoms with van der Waals surface area (Å²) in [6.45, 7) is 6.33. The highest BCUT2D eigenvalue weighted by molar-refractivity contribution is 7.14. The predicted octanol–water partition coefficient (Wildman–Crippen LogP) is 4.04. The summed E-state index contributed by atoms with van der Waals surface area (Å²) in [6.07, 6.45) is 0.